The number of aliphatic carboxylic acids is 5. The Labute approximate surface area is 234 Å². The number of carbonyl (C=O) groups is 5. The fraction of sp³-hybridized carbons (Fsp3) is 0.667. The highest BCUT2D eigenvalue weighted by atomic mass is 19.4. The van der Waals surface area contributed by atoms with Crippen molar-refractivity contribution in [2.24, 2.45) is 0 Å². The zero-order valence-corrected chi connectivity index (χ0v) is 20.3. The molecule has 0 aliphatic heterocycles. The van der Waals surface area contributed by atoms with E-state index in [-0.39, 0.29) is 0 Å². The minimum Gasteiger partial charge on any atom is -0.475 e. The van der Waals surface area contributed by atoms with Crippen LogP contribution < -0.4 is 0 Å². The summed E-state index contributed by atoms with van der Waals surface area (Å²) in [6.07, 6.45) is -29.7. The Hall–Kier alpha value is -3.90. The molecule has 0 bridgehead atoms. The van der Waals surface area contributed by atoms with Crippen molar-refractivity contribution in [3.63, 3.8) is 0 Å². The summed E-state index contributed by atoms with van der Waals surface area (Å²) in [7, 11) is 0. The molecule has 0 aliphatic rings. The van der Waals surface area contributed by atoms with Crippen molar-refractivity contribution in [3.8, 4) is 0 Å². The number of hydrogen-bond donors (Lipinski definition) is 10. The molecule has 0 saturated carbocycles. The Morgan fingerprint density at radius 3 is 0.511 bits per heavy atom. The number of alkyl halides is 15. The molecular weight excluding hydrogens is 705 g/mol. The lowest BCUT2D eigenvalue weighted by atomic mass is 10.1. The normalized spacial score (nSPS) is 13.2. The Bertz CT molecular complexity index is 728. The van der Waals surface area contributed by atoms with Gasteiger partial charge in [0.1, 0.15) is 18.3 Å². The van der Waals surface area contributed by atoms with Gasteiger partial charge in [-0.15, -0.1) is 0 Å². The molecule has 0 radical (unpaired) electrons. The summed E-state index contributed by atoms with van der Waals surface area (Å²) in [5.74, 6) is -13.8. The van der Waals surface area contributed by atoms with Crippen molar-refractivity contribution in [2.45, 2.75) is 49.2 Å². The lowest BCUT2D eigenvalue weighted by Crippen LogP contribution is -2.41. The van der Waals surface area contributed by atoms with Crippen LogP contribution >= 0.6 is 0 Å². The monoisotopic (exact) mass is 722 g/mol. The largest absolute Gasteiger partial charge is 0.490 e. The topological polar surface area (TPSA) is 288 Å². The van der Waals surface area contributed by atoms with Crippen LogP contribution in [0.3, 0.4) is 0 Å². The molecule has 0 fully saturated rings. The van der Waals surface area contributed by atoms with Crippen LogP contribution in [0.5, 0.6) is 0 Å². The highest BCUT2D eigenvalue weighted by Gasteiger charge is 2.40. The second-order valence-electron chi connectivity index (χ2n) is 6.00. The maximum atomic E-state index is 10.6. The average molecular weight is 722 g/mol. The van der Waals surface area contributed by atoms with E-state index in [9.17, 15) is 65.9 Å². The van der Waals surface area contributed by atoms with E-state index < -0.39 is 92.3 Å². The molecule has 0 heterocycles. The number of hydrogen-bond acceptors (Lipinski definition) is 10. The van der Waals surface area contributed by atoms with Gasteiger partial charge in [0.15, 0.2) is 0 Å². The van der Waals surface area contributed by atoms with E-state index in [0.29, 0.717) is 0 Å². The first-order valence-electron chi connectivity index (χ1n) is 9.11. The van der Waals surface area contributed by atoms with E-state index in [1.165, 1.54) is 0 Å². The Morgan fingerprint density at radius 2 is 0.467 bits per heavy atom. The molecule has 10 N–H and O–H groups in total. The maximum absolute atomic E-state index is 10.6. The highest BCUT2D eigenvalue weighted by Crippen LogP contribution is 2.15. The Kier molecular flexibility index (Phi) is 26.9. The lowest BCUT2D eigenvalue weighted by molar-refractivity contribution is -0.193. The first-order valence-corrected chi connectivity index (χ1v) is 9.11. The Morgan fingerprint density at radius 1 is 0.378 bits per heavy atom. The molecule has 0 spiro atoms. The van der Waals surface area contributed by atoms with Gasteiger partial charge in [0.25, 0.3) is 0 Å². The quantitative estimate of drug-likeness (QED) is 0.174. The van der Waals surface area contributed by atoms with E-state index in [1.54, 1.807) is 0 Å². The van der Waals surface area contributed by atoms with Crippen LogP contribution in [0.25, 0.3) is 0 Å². The SMILES string of the molecule is O=C(O)C(F)(F)F.O=C(O)C(F)(F)F.O=C(O)C(F)(F)F.O=C(O)C(F)(F)F.O=C(O)C(F)(F)F.OCC(O)C(O)C(O)CO. The predicted molar refractivity (Wildman–Crippen MR) is 101 cm³/mol. The van der Waals surface area contributed by atoms with Crippen LogP contribution in [0, 0.1) is 0 Å². The maximum Gasteiger partial charge on any atom is 0.490 e. The van der Waals surface area contributed by atoms with Crippen molar-refractivity contribution in [3.05, 3.63) is 0 Å². The minimum absolute atomic E-state index is 0.641. The summed E-state index contributed by atoms with van der Waals surface area (Å²) < 4.78 is 159. The zero-order valence-electron chi connectivity index (χ0n) is 20.3. The minimum atomic E-state index is -5.08. The van der Waals surface area contributed by atoms with E-state index >= 15 is 0 Å². The fourth-order valence-corrected chi connectivity index (χ4v) is 0.472. The van der Waals surface area contributed by atoms with E-state index in [1.807, 2.05) is 0 Å². The zero-order chi connectivity index (χ0) is 38.5. The molecule has 272 valence electrons. The van der Waals surface area contributed by atoms with Gasteiger partial charge in [0, 0.05) is 0 Å². The molecule has 0 saturated heterocycles. The highest BCUT2D eigenvalue weighted by molar-refractivity contribution is 5.74. The number of aliphatic hydroxyl groups is 5. The van der Waals surface area contributed by atoms with Gasteiger partial charge in [-0.05, 0) is 0 Å². The number of carboxylic acids is 5. The Balaban J connectivity index is -0.000000102. The first kappa shape index (κ1) is 53.6. The molecule has 0 aromatic rings. The average Bonchev–Trinajstić information content (AvgIpc) is 2.81. The van der Waals surface area contributed by atoms with Gasteiger partial charge >= 0.3 is 60.7 Å². The number of rotatable bonds is 4. The van der Waals surface area contributed by atoms with Gasteiger partial charge in [-0.25, -0.2) is 24.0 Å². The second kappa shape index (κ2) is 22.6. The van der Waals surface area contributed by atoms with Gasteiger partial charge in [-0.2, -0.15) is 65.9 Å². The summed E-state index contributed by atoms with van der Waals surface area (Å²) in [5.41, 5.74) is 0. The van der Waals surface area contributed by atoms with Crippen LogP contribution in [0.4, 0.5) is 65.9 Å². The number of halogens is 15. The van der Waals surface area contributed by atoms with E-state index in [2.05, 4.69) is 0 Å². The molecule has 0 aliphatic carbocycles. The van der Waals surface area contributed by atoms with E-state index in [0.717, 1.165) is 0 Å². The predicted octanol–water partition coefficient (Wildman–Crippen LogP) is 0.220. The van der Waals surface area contributed by atoms with Crippen molar-refractivity contribution >= 4 is 29.8 Å². The molecular formula is C15H17F15O15. The summed E-state index contributed by atoms with van der Waals surface area (Å²) in [6.45, 7) is -1.28. The van der Waals surface area contributed by atoms with Crippen molar-refractivity contribution < 1.29 is 141 Å². The second-order valence-corrected chi connectivity index (χ2v) is 6.00. The molecule has 0 aromatic heterocycles. The molecule has 2 atom stereocenters. The molecule has 30 heteroatoms. The van der Waals surface area contributed by atoms with Crippen molar-refractivity contribution in [2.75, 3.05) is 13.2 Å². The third kappa shape index (κ3) is 40.1. The fourth-order valence-electron chi connectivity index (χ4n) is 0.472. The van der Waals surface area contributed by atoms with Crippen LogP contribution in [0.15, 0.2) is 0 Å². The number of aliphatic hydroxyl groups excluding tert-OH is 5. The van der Waals surface area contributed by atoms with Gasteiger partial charge in [-0.3, -0.25) is 0 Å². The van der Waals surface area contributed by atoms with Crippen LogP contribution in [-0.2, 0) is 24.0 Å². The van der Waals surface area contributed by atoms with Gasteiger partial charge < -0.3 is 51.1 Å². The standard InChI is InChI=1S/C5H12O5.5C2HF3O2/c6-1-3(8)5(10)4(9)2-7;5*3-2(4,5)1(6)7/h3-10H,1-2H2;5*(H,6,7). The molecule has 45 heavy (non-hydrogen) atoms. The third-order valence-corrected chi connectivity index (χ3v) is 2.38. The molecule has 15 nitrogen and oxygen atoms in total. The van der Waals surface area contributed by atoms with E-state index in [4.69, 9.17) is 75.0 Å². The van der Waals surface area contributed by atoms with Crippen LogP contribution in [-0.4, -0.2) is 143 Å². The summed E-state index contributed by atoms with van der Waals surface area (Å²) in [4.78, 5) is 44.5. The summed E-state index contributed by atoms with van der Waals surface area (Å²) >= 11 is 0. The third-order valence-electron chi connectivity index (χ3n) is 2.38. The van der Waals surface area contributed by atoms with Crippen molar-refractivity contribution in [1.29, 1.82) is 0 Å². The van der Waals surface area contributed by atoms with Crippen molar-refractivity contribution in [1.82, 2.24) is 0 Å². The van der Waals surface area contributed by atoms with Crippen LogP contribution in [0.1, 0.15) is 0 Å². The molecule has 0 amide bonds. The first-order chi connectivity index (χ1) is 19.3. The summed E-state index contributed by atoms with van der Waals surface area (Å²) in [5, 5.41) is 78.2. The van der Waals surface area contributed by atoms with Gasteiger partial charge in [-0.1, -0.05) is 0 Å². The molecule has 0 aromatic carbocycles. The molecule has 2 unspecified atom stereocenters. The smallest absolute Gasteiger partial charge is 0.475 e. The van der Waals surface area contributed by atoms with Gasteiger partial charge in [0.05, 0.1) is 13.2 Å². The number of carboxylic acid groups (broad SMARTS) is 5. The molecule has 0 rings (SSSR count). The summed E-state index contributed by atoms with van der Waals surface area (Å²) in [6, 6.07) is 0. The van der Waals surface area contributed by atoms with Gasteiger partial charge in [0.2, 0.25) is 0 Å². The lowest BCUT2D eigenvalue weighted by Gasteiger charge is -2.19. The van der Waals surface area contributed by atoms with Crippen LogP contribution in [0.2, 0.25) is 0 Å².